The van der Waals surface area contributed by atoms with Gasteiger partial charge in [-0.05, 0) is 38.0 Å². The van der Waals surface area contributed by atoms with Crippen molar-refractivity contribution in [3.63, 3.8) is 0 Å². The van der Waals surface area contributed by atoms with Gasteiger partial charge in [0.1, 0.15) is 11.5 Å². The molecule has 0 spiro atoms. The van der Waals surface area contributed by atoms with E-state index in [4.69, 9.17) is 0 Å². The lowest BCUT2D eigenvalue weighted by Crippen LogP contribution is -2.37. The first-order valence-electron chi connectivity index (χ1n) is 9.20. The molecule has 1 amide bonds. The Bertz CT molecular complexity index is 1030. The Morgan fingerprint density at radius 1 is 1.11 bits per heavy atom. The average Bonchev–Trinajstić information content (AvgIpc) is 2.70. The van der Waals surface area contributed by atoms with Gasteiger partial charge in [-0.25, -0.2) is 9.07 Å². The molecule has 3 rings (SSSR count). The van der Waals surface area contributed by atoms with E-state index >= 15 is 0 Å². The van der Waals surface area contributed by atoms with E-state index < -0.39 is 17.2 Å². The maximum absolute atomic E-state index is 14.2. The van der Waals surface area contributed by atoms with Crippen molar-refractivity contribution in [3.05, 3.63) is 93.7 Å². The fourth-order valence-corrected chi connectivity index (χ4v) is 3.02. The van der Waals surface area contributed by atoms with Crippen LogP contribution in [0, 0.1) is 12.7 Å². The maximum atomic E-state index is 14.2. The molecule has 144 valence electrons. The van der Waals surface area contributed by atoms with Crippen molar-refractivity contribution in [1.29, 1.82) is 0 Å². The minimum atomic E-state index is -0.475. The molecule has 1 heterocycles. The Kier molecular flexibility index (Phi) is 5.99. The Balaban J connectivity index is 1.91. The molecule has 0 saturated carbocycles. The molecule has 0 aliphatic heterocycles. The molecule has 0 N–H and O–H groups in total. The summed E-state index contributed by atoms with van der Waals surface area (Å²) in [4.78, 5) is 27.0. The number of halogens is 1. The fraction of sp³-hybridized carbons (Fsp3) is 0.227. The molecule has 0 aliphatic carbocycles. The van der Waals surface area contributed by atoms with E-state index in [0.717, 1.165) is 5.56 Å². The SMILES string of the molecule is CCN(CCc1ccccc1)C(=O)c1nn(-c2ccccc2F)c(C)cc1=O. The van der Waals surface area contributed by atoms with Gasteiger partial charge in [0.15, 0.2) is 5.69 Å². The molecular weight excluding hydrogens is 357 g/mol. The third-order valence-electron chi connectivity index (χ3n) is 4.57. The molecule has 3 aromatic rings. The molecule has 0 atom stereocenters. The summed E-state index contributed by atoms with van der Waals surface area (Å²) in [6.07, 6.45) is 0.674. The molecule has 0 saturated heterocycles. The van der Waals surface area contributed by atoms with Crippen LogP contribution in [-0.2, 0) is 6.42 Å². The standard InChI is InChI=1S/C22H22FN3O2/c1-3-25(14-13-17-9-5-4-6-10-17)22(28)21-20(27)15-16(2)26(24-21)19-12-8-7-11-18(19)23/h4-12,15H,3,13-14H2,1-2H3. The van der Waals surface area contributed by atoms with Crippen molar-refractivity contribution in [2.45, 2.75) is 20.3 Å². The zero-order valence-electron chi connectivity index (χ0n) is 15.9. The zero-order chi connectivity index (χ0) is 20.1. The number of rotatable bonds is 6. The molecule has 0 radical (unpaired) electrons. The molecule has 0 aliphatic rings. The molecule has 6 heteroatoms. The highest BCUT2D eigenvalue weighted by molar-refractivity contribution is 5.92. The number of carbonyl (C=O) groups excluding carboxylic acids is 1. The van der Waals surface area contributed by atoms with Gasteiger partial charge in [-0.3, -0.25) is 9.59 Å². The Labute approximate surface area is 163 Å². The summed E-state index contributed by atoms with van der Waals surface area (Å²) in [5, 5.41) is 4.20. The lowest BCUT2D eigenvalue weighted by Gasteiger charge is -2.21. The summed E-state index contributed by atoms with van der Waals surface area (Å²) in [5.74, 6) is -0.926. The quantitative estimate of drug-likeness (QED) is 0.660. The summed E-state index contributed by atoms with van der Waals surface area (Å²) in [7, 11) is 0. The highest BCUT2D eigenvalue weighted by Gasteiger charge is 2.21. The number of amides is 1. The van der Waals surface area contributed by atoms with Crippen LogP contribution in [0.15, 0.2) is 65.5 Å². The number of likely N-dealkylation sites (N-methyl/N-ethyl adjacent to an activating group) is 1. The number of hydrogen-bond acceptors (Lipinski definition) is 3. The van der Waals surface area contributed by atoms with Crippen LogP contribution < -0.4 is 5.43 Å². The van der Waals surface area contributed by atoms with E-state index in [1.165, 1.54) is 16.8 Å². The van der Waals surface area contributed by atoms with Crippen molar-refractivity contribution >= 4 is 5.91 Å². The van der Waals surface area contributed by atoms with Crippen molar-refractivity contribution in [2.24, 2.45) is 0 Å². The highest BCUT2D eigenvalue weighted by Crippen LogP contribution is 2.13. The van der Waals surface area contributed by atoms with Gasteiger partial charge in [0.05, 0.1) is 0 Å². The van der Waals surface area contributed by atoms with Gasteiger partial charge >= 0.3 is 0 Å². The van der Waals surface area contributed by atoms with Gasteiger partial charge in [-0.1, -0.05) is 42.5 Å². The minimum absolute atomic E-state index is 0.196. The minimum Gasteiger partial charge on any atom is -0.337 e. The number of benzene rings is 2. The molecule has 2 aromatic carbocycles. The number of carbonyl (C=O) groups is 1. The van der Waals surface area contributed by atoms with E-state index in [-0.39, 0.29) is 11.4 Å². The van der Waals surface area contributed by atoms with Crippen LogP contribution >= 0.6 is 0 Å². The van der Waals surface area contributed by atoms with Gasteiger partial charge in [0, 0.05) is 24.8 Å². The Morgan fingerprint density at radius 3 is 2.46 bits per heavy atom. The fourth-order valence-electron chi connectivity index (χ4n) is 3.02. The van der Waals surface area contributed by atoms with E-state index in [9.17, 15) is 14.0 Å². The Hall–Kier alpha value is -3.28. The summed E-state index contributed by atoms with van der Waals surface area (Å²) in [6, 6.07) is 17.3. The number of para-hydroxylation sites is 1. The maximum Gasteiger partial charge on any atom is 0.278 e. The predicted molar refractivity (Wildman–Crippen MR) is 106 cm³/mol. The van der Waals surface area contributed by atoms with Gasteiger partial charge in [-0.2, -0.15) is 5.10 Å². The van der Waals surface area contributed by atoms with Gasteiger partial charge in [-0.15, -0.1) is 0 Å². The largest absolute Gasteiger partial charge is 0.337 e. The zero-order valence-corrected chi connectivity index (χ0v) is 15.9. The van der Waals surface area contributed by atoms with Gasteiger partial charge in [0.25, 0.3) is 5.91 Å². The van der Waals surface area contributed by atoms with Crippen molar-refractivity contribution in [3.8, 4) is 5.69 Å². The van der Waals surface area contributed by atoms with Crippen LogP contribution in [0.4, 0.5) is 4.39 Å². The molecule has 1 aromatic heterocycles. The predicted octanol–water partition coefficient (Wildman–Crippen LogP) is 3.38. The van der Waals surface area contributed by atoms with Crippen LogP contribution in [0.1, 0.15) is 28.7 Å². The van der Waals surface area contributed by atoms with Crippen LogP contribution in [-0.4, -0.2) is 33.7 Å². The highest BCUT2D eigenvalue weighted by atomic mass is 19.1. The third-order valence-corrected chi connectivity index (χ3v) is 4.57. The van der Waals surface area contributed by atoms with Gasteiger partial charge in [0.2, 0.25) is 5.43 Å². The van der Waals surface area contributed by atoms with E-state index in [1.54, 1.807) is 30.0 Å². The molecule has 0 unspecified atom stereocenters. The third kappa shape index (κ3) is 4.17. The second kappa shape index (κ2) is 8.61. The molecule has 0 fully saturated rings. The first kappa shape index (κ1) is 19.5. The molecule has 5 nitrogen and oxygen atoms in total. The average molecular weight is 379 g/mol. The Morgan fingerprint density at radius 2 is 1.79 bits per heavy atom. The topological polar surface area (TPSA) is 55.2 Å². The smallest absolute Gasteiger partial charge is 0.278 e. The number of aryl methyl sites for hydroxylation is 1. The monoisotopic (exact) mass is 379 g/mol. The summed E-state index contributed by atoms with van der Waals surface area (Å²) in [5.41, 5.74) is 1.09. The normalized spacial score (nSPS) is 10.7. The second-order valence-electron chi connectivity index (χ2n) is 6.48. The van der Waals surface area contributed by atoms with Crippen molar-refractivity contribution in [2.75, 3.05) is 13.1 Å². The lowest BCUT2D eigenvalue weighted by atomic mass is 10.1. The first-order chi connectivity index (χ1) is 13.5. The van der Waals surface area contributed by atoms with Crippen LogP contribution in [0.5, 0.6) is 0 Å². The second-order valence-corrected chi connectivity index (χ2v) is 6.48. The van der Waals surface area contributed by atoms with Crippen molar-refractivity contribution < 1.29 is 9.18 Å². The number of hydrogen-bond donors (Lipinski definition) is 0. The molecule has 0 bridgehead atoms. The summed E-state index contributed by atoms with van der Waals surface area (Å²) in [6.45, 7) is 4.42. The first-order valence-corrected chi connectivity index (χ1v) is 9.20. The van der Waals surface area contributed by atoms with E-state index in [1.807, 2.05) is 37.3 Å². The van der Waals surface area contributed by atoms with E-state index in [0.29, 0.717) is 25.2 Å². The molecule has 28 heavy (non-hydrogen) atoms. The lowest BCUT2D eigenvalue weighted by molar-refractivity contribution is 0.0756. The molecular formula is C22H22FN3O2. The van der Waals surface area contributed by atoms with Crippen LogP contribution in [0.2, 0.25) is 0 Å². The van der Waals surface area contributed by atoms with Gasteiger partial charge < -0.3 is 4.90 Å². The van der Waals surface area contributed by atoms with Crippen LogP contribution in [0.25, 0.3) is 5.69 Å². The van der Waals surface area contributed by atoms with Crippen LogP contribution in [0.3, 0.4) is 0 Å². The van der Waals surface area contributed by atoms with E-state index in [2.05, 4.69) is 5.10 Å². The number of nitrogens with zero attached hydrogens (tertiary/aromatic N) is 3. The number of aromatic nitrogens is 2. The van der Waals surface area contributed by atoms with Crippen molar-refractivity contribution in [1.82, 2.24) is 14.7 Å². The summed E-state index contributed by atoms with van der Waals surface area (Å²) >= 11 is 0. The summed E-state index contributed by atoms with van der Waals surface area (Å²) < 4.78 is 15.5.